The zero-order valence-electron chi connectivity index (χ0n) is 17.3. The molecule has 0 unspecified atom stereocenters. The van der Waals surface area contributed by atoms with E-state index in [4.69, 9.17) is 5.73 Å². The summed E-state index contributed by atoms with van der Waals surface area (Å²) < 4.78 is 13.5. The highest BCUT2D eigenvalue weighted by atomic mass is 19.1. The van der Waals surface area contributed by atoms with Crippen LogP contribution in [0.4, 0.5) is 15.9 Å². The summed E-state index contributed by atoms with van der Waals surface area (Å²) in [5.74, 6) is 0.507. The minimum Gasteiger partial charge on any atom is -0.366 e. The van der Waals surface area contributed by atoms with Crippen molar-refractivity contribution in [2.75, 3.05) is 5.32 Å². The highest BCUT2D eigenvalue weighted by Gasteiger charge is 2.42. The number of pyridine rings is 1. The van der Waals surface area contributed by atoms with Crippen LogP contribution >= 0.6 is 0 Å². The van der Waals surface area contributed by atoms with Gasteiger partial charge < -0.3 is 11.1 Å². The second kappa shape index (κ2) is 8.27. The summed E-state index contributed by atoms with van der Waals surface area (Å²) in [4.78, 5) is 16.7. The molecule has 4 aromatic rings. The Bertz CT molecular complexity index is 1270. The molecule has 1 aliphatic carbocycles. The average molecular weight is 423 g/mol. The third kappa shape index (κ3) is 3.97. The summed E-state index contributed by atoms with van der Waals surface area (Å²) in [6.45, 7) is 0. The first kappa shape index (κ1) is 19.9. The third-order valence-electron chi connectivity index (χ3n) is 5.94. The number of nitrogens with zero attached hydrogens (tertiary/aromatic N) is 1. The zero-order valence-corrected chi connectivity index (χ0v) is 17.3. The Morgan fingerprint density at radius 2 is 1.72 bits per heavy atom. The van der Waals surface area contributed by atoms with E-state index >= 15 is 0 Å². The van der Waals surface area contributed by atoms with Crippen molar-refractivity contribution >= 4 is 17.4 Å². The number of carbonyl (C=O) groups is 1. The summed E-state index contributed by atoms with van der Waals surface area (Å²) >= 11 is 0. The van der Waals surface area contributed by atoms with E-state index in [0.29, 0.717) is 17.3 Å². The molecule has 0 aliphatic heterocycles. The predicted molar refractivity (Wildman–Crippen MR) is 124 cm³/mol. The number of carbonyl (C=O) groups excluding carboxylic acids is 1. The first-order valence-corrected chi connectivity index (χ1v) is 10.6. The van der Waals surface area contributed by atoms with Crippen molar-refractivity contribution < 1.29 is 9.18 Å². The average Bonchev–Trinajstić information content (AvgIpc) is 3.60. The van der Waals surface area contributed by atoms with Gasteiger partial charge in [0.15, 0.2) is 0 Å². The SMILES string of the molecule is NC(=O)c1cccc(Nc2ccc(-c3cccc(F)c3)cn2)c1[C@@H]1C[C@@H]1c1ccccc1. The topological polar surface area (TPSA) is 68.0 Å². The molecule has 2 atom stereocenters. The summed E-state index contributed by atoms with van der Waals surface area (Å²) in [7, 11) is 0. The molecular weight excluding hydrogens is 401 g/mol. The van der Waals surface area contributed by atoms with Crippen molar-refractivity contribution in [1.82, 2.24) is 4.98 Å². The summed E-state index contributed by atoms with van der Waals surface area (Å²) in [6.07, 6.45) is 2.67. The summed E-state index contributed by atoms with van der Waals surface area (Å²) in [5.41, 5.74) is 10.9. The molecule has 1 aliphatic rings. The predicted octanol–water partition coefficient (Wildman–Crippen LogP) is 6.00. The quantitative estimate of drug-likeness (QED) is 0.400. The van der Waals surface area contributed by atoms with Gasteiger partial charge in [0.05, 0.1) is 0 Å². The molecule has 0 saturated heterocycles. The van der Waals surface area contributed by atoms with Crippen molar-refractivity contribution in [1.29, 1.82) is 0 Å². The zero-order chi connectivity index (χ0) is 22.1. The second-order valence-corrected chi connectivity index (χ2v) is 8.06. The van der Waals surface area contributed by atoms with Crippen LogP contribution < -0.4 is 11.1 Å². The fourth-order valence-electron chi connectivity index (χ4n) is 4.32. The van der Waals surface area contributed by atoms with E-state index < -0.39 is 5.91 Å². The minimum atomic E-state index is -0.434. The van der Waals surface area contributed by atoms with Gasteiger partial charge in [-0.3, -0.25) is 4.79 Å². The molecule has 1 saturated carbocycles. The van der Waals surface area contributed by atoms with Gasteiger partial charge in [0, 0.05) is 23.0 Å². The molecule has 3 N–H and O–H groups in total. The number of primary amides is 1. The lowest BCUT2D eigenvalue weighted by atomic mass is 9.97. The lowest BCUT2D eigenvalue weighted by molar-refractivity contribution is 0.0999. The Hall–Kier alpha value is -3.99. The van der Waals surface area contributed by atoms with Crippen LogP contribution in [0.2, 0.25) is 0 Å². The van der Waals surface area contributed by atoms with Crippen LogP contribution in [0.5, 0.6) is 0 Å². The molecular formula is C27H22FN3O. The molecule has 0 spiro atoms. The smallest absolute Gasteiger partial charge is 0.249 e. The van der Waals surface area contributed by atoms with E-state index in [-0.39, 0.29) is 11.7 Å². The fourth-order valence-corrected chi connectivity index (χ4v) is 4.32. The van der Waals surface area contributed by atoms with Crippen LogP contribution in [0.1, 0.15) is 39.7 Å². The van der Waals surface area contributed by atoms with Gasteiger partial charge in [0.1, 0.15) is 11.6 Å². The number of anilines is 2. The van der Waals surface area contributed by atoms with Crippen LogP contribution in [0.25, 0.3) is 11.1 Å². The largest absolute Gasteiger partial charge is 0.366 e. The van der Waals surface area contributed by atoms with Crippen molar-refractivity contribution in [3.8, 4) is 11.1 Å². The monoisotopic (exact) mass is 423 g/mol. The van der Waals surface area contributed by atoms with Gasteiger partial charge in [0.25, 0.3) is 0 Å². The van der Waals surface area contributed by atoms with Crippen molar-refractivity contribution in [3.63, 3.8) is 0 Å². The first-order chi connectivity index (χ1) is 15.6. The molecule has 5 rings (SSSR count). The Labute approximate surface area is 185 Å². The van der Waals surface area contributed by atoms with E-state index in [1.165, 1.54) is 17.7 Å². The van der Waals surface area contributed by atoms with Gasteiger partial charge in [-0.15, -0.1) is 0 Å². The van der Waals surface area contributed by atoms with Gasteiger partial charge in [-0.1, -0.05) is 48.5 Å². The highest BCUT2D eigenvalue weighted by Crippen LogP contribution is 2.57. The van der Waals surface area contributed by atoms with Gasteiger partial charge >= 0.3 is 0 Å². The second-order valence-electron chi connectivity index (χ2n) is 8.06. The lowest BCUT2D eigenvalue weighted by Gasteiger charge is -2.15. The number of hydrogen-bond acceptors (Lipinski definition) is 3. The number of nitrogens with one attached hydrogen (secondary N) is 1. The number of halogens is 1. The Balaban J connectivity index is 1.44. The normalized spacial score (nSPS) is 17.0. The molecule has 32 heavy (non-hydrogen) atoms. The van der Waals surface area contributed by atoms with Crippen molar-refractivity contribution in [3.05, 3.63) is 114 Å². The molecule has 0 bridgehead atoms. The maximum absolute atomic E-state index is 13.5. The molecule has 1 fully saturated rings. The fraction of sp³-hybridized carbons (Fsp3) is 0.111. The highest BCUT2D eigenvalue weighted by molar-refractivity contribution is 5.96. The van der Waals surface area contributed by atoms with E-state index in [9.17, 15) is 9.18 Å². The van der Waals surface area contributed by atoms with E-state index in [1.807, 2.05) is 48.5 Å². The van der Waals surface area contributed by atoms with Crippen LogP contribution in [0.3, 0.4) is 0 Å². The molecule has 1 aromatic heterocycles. The molecule has 3 aromatic carbocycles. The maximum atomic E-state index is 13.5. The van der Waals surface area contributed by atoms with Crippen LogP contribution in [0, 0.1) is 5.82 Å². The number of rotatable bonds is 6. The van der Waals surface area contributed by atoms with Crippen LogP contribution in [-0.4, -0.2) is 10.9 Å². The van der Waals surface area contributed by atoms with Crippen LogP contribution in [-0.2, 0) is 0 Å². The van der Waals surface area contributed by atoms with Gasteiger partial charge in [0.2, 0.25) is 5.91 Å². The Morgan fingerprint density at radius 1 is 0.906 bits per heavy atom. The van der Waals surface area contributed by atoms with E-state index in [2.05, 4.69) is 22.4 Å². The molecule has 1 amide bonds. The number of aromatic nitrogens is 1. The lowest BCUT2D eigenvalue weighted by Crippen LogP contribution is -2.15. The van der Waals surface area contributed by atoms with E-state index in [0.717, 1.165) is 28.8 Å². The van der Waals surface area contributed by atoms with E-state index in [1.54, 1.807) is 18.3 Å². The van der Waals surface area contributed by atoms with Gasteiger partial charge in [-0.2, -0.15) is 0 Å². The van der Waals surface area contributed by atoms with Crippen molar-refractivity contribution in [2.24, 2.45) is 5.73 Å². The molecule has 0 radical (unpaired) electrons. The molecule has 1 heterocycles. The standard InChI is InChI=1S/C27H22FN3O/c28-20-9-4-8-18(14-20)19-12-13-25(30-16-19)31-24-11-5-10-21(27(29)32)26(24)23-15-22(23)17-6-2-1-3-7-17/h1-14,16,22-23H,15H2,(H2,29,32)(H,30,31)/t22-,23-/m1/s1. The molecule has 158 valence electrons. The minimum absolute atomic E-state index is 0.218. The number of hydrogen-bond donors (Lipinski definition) is 2. The number of amides is 1. The number of nitrogens with two attached hydrogens (primary N) is 1. The van der Waals surface area contributed by atoms with Gasteiger partial charge in [-0.05, 0) is 71.3 Å². The maximum Gasteiger partial charge on any atom is 0.249 e. The number of benzene rings is 3. The molecule has 4 nitrogen and oxygen atoms in total. The summed E-state index contributed by atoms with van der Waals surface area (Å²) in [6, 6.07) is 26.0. The third-order valence-corrected chi connectivity index (χ3v) is 5.94. The Kier molecular flexibility index (Phi) is 5.15. The van der Waals surface area contributed by atoms with Crippen molar-refractivity contribution in [2.45, 2.75) is 18.3 Å². The Morgan fingerprint density at radius 3 is 2.44 bits per heavy atom. The van der Waals surface area contributed by atoms with Gasteiger partial charge in [-0.25, -0.2) is 9.37 Å². The summed E-state index contributed by atoms with van der Waals surface area (Å²) in [5, 5.41) is 3.36. The molecule has 5 heteroatoms. The van der Waals surface area contributed by atoms with Crippen LogP contribution in [0.15, 0.2) is 91.1 Å². The first-order valence-electron chi connectivity index (χ1n) is 10.6.